The number of benzene rings is 1. The Hall–Kier alpha value is -2.03. The van der Waals surface area contributed by atoms with Gasteiger partial charge in [-0.3, -0.25) is 0 Å². The number of rotatable bonds is 3. The minimum atomic E-state index is 0.610. The number of hydrogen-bond acceptors (Lipinski definition) is 3. The Labute approximate surface area is 108 Å². The Balaban J connectivity index is 2.36. The predicted octanol–water partition coefficient (Wildman–Crippen LogP) is 3.84. The van der Waals surface area contributed by atoms with Crippen LogP contribution in [0.2, 0.25) is 0 Å². The fourth-order valence-electron chi connectivity index (χ4n) is 1.80. The van der Waals surface area contributed by atoms with Crippen LogP contribution in [0.15, 0.2) is 30.3 Å². The quantitative estimate of drug-likeness (QED) is 0.888. The molecule has 3 nitrogen and oxygen atoms in total. The van der Waals surface area contributed by atoms with Gasteiger partial charge in [-0.25, -0.2) is 0 Å². The van der Waals surface area contributed by atoms with Crippen molar-refractivity contribution in [2.24, 2.45) is 0 Å². The van der Waals surface area contributed by atoms with Crippen molar-refractivity contribution in [1.82, 2.24) is 4.98 Å². The second kappa shape index (κ2) is 5.08. The highest BCUT2D eigenvalue weighted by Gasteiger charge is 2.08. The molecule has 0 aliphatic heterocycles. The van der Waals surface area contributed by atoms with E-state index in [9.17, 15) is 0 Å². The van der Waals surface area contributed by atoms with Gasteiger partial charge < -0.3 is 10.1 Å². The molecule has 0 atom stereocenters. The third-order valence-corrected chi connectivity index (χ3v) is 3.06. The van der Waals surface area contributed by atoms with E-state index in [1.807, 2.05) is 32.2 Å². The SMILES string of the molecule is CNc1cccc(Oc2c(C)ccc(C)c2C)n1. The molecule has 0 aliphatic rings. The average Bonchev–Trinajstić information content (AvgIpc) is 2.39. The normalized spacial score (nSPS) is 10.2. The fourth-order valence-corrected chi connectivity index (χ4v) is 1.80. The van der Waals surface area contributed by atoms with Crippen molar-refractivity contribution < 1.29 is 4.74 Å². The predicted molar refractivity (Wildman–Crippen MR) is 74.5 cm³/mol. The highest BCUT2D eigenvalue weighted by molar-refractivity contribution is 5.47. The Kier molecular flexibility index (Phi) is 3.51. The van der Waals surface area contributed by atoms with Crippen LogP contribution in [-0.4, -0.2) is 12.0 Å². The molecule has 0 amide bonds. The van der Waals surface area contributed by atoms with E-state index in [0.29, 0.717) is 5.88 Å². The van der Waals surface area contributed by atoms with Gasteiger partial charge >= 0.3 is 0 Å². The maximum absolute atomic E-state index is 5.91. The van der Waals surface area contributed by atoms with Gasteiger partial charge in [0, 0.05) is 13.1 Å². The molecule has 2 aromatic rings. The van der Waals surface area contributed by atoms with Crippen molar-refractivity contribution in [3.63, 3.8) is 0 Å². The van der Waals surface area contributed by atoms with Gasteiger partial charge in [0.05, 0.1) is 0 Å². The van der Waals surface area contributed by atoms with E-state index in [1.54, 1.807) is 0 Å². The van der Waals surface area contributed by atoms with E-state index in [4.69, 9.17) is 4.74 Å². The summed E-state index contributed by atoms with van der Waals surface area (Å²) in [7, 11) is 1.84. The molecule has 0 saturated heterocycles. The first-order valence-corrected chi connectivity index (χ1v) is 6.01. The molecule has 1 heterocycles. The summed E-state index contributed by atoms with van der Waals surface area (Å²) >= 11 is 0. The van der Waals surface area contributed by atoms with E-state index in [0.717, 1.165) is 22.7 Å². The molecule has 0 saturated carbocycles. The number of aryl methyl sites for hydroxylation is 2. The highest BCUT2D eigenvalue weighted by Crippen LogP contribution is 2.30. The van der Waals surface area contributed by atoms with E-state index in [2.05, 4.69) is 36.3 Å². The molecule has 0 unspecified atom stereocenters. The minimum absolute atomic E-state index is 0.610. The van der Waals surface area contributed by atoms with Crippen molar-refractivity contribution in [2.75, 3.05) is 12.4 Å². The van der Waals surface area contributed by atoms with Gasteiger partial charge in [-0.05, 0) is 43.5 Å². The largest absolute Gasteiger partial charge is 0.438 e. The second-order valence-corrected chi connectivity index (χ2v) is 4.37. The van der Waals surface area contributed by atoms with E-state index >= 15 is 0 Å². The molecule has 3 heteroatoms. The number of aromatic nitrogens is 1. The molecule has 1 N–H and O–H groups in total. The summed E-state index contributed by atoms with van der Waals surface area (Å²) in [5, 5.41) is 3.00. The van der Waals surface area contributed by atoms with Crippen LogP contribution in [0.25, 0.3) is 0 Å². The number of nitrogens with one attached hydrogen (secondary N) is 1. The zero-order valence-corrected chi connectivity index (χ0v) is 11.2. The van der Waals surface area contributed by atoms with Crippen LogP contribution in [0.1, 0.15) is 16.7 Å². The maximum atomic E-state index is 5.91. The van der Waals surface area contributed by atoms with Crippen LogP contribution in [0, 0.1) is 20.8 Å². The third-order valence-electron chi connectivity index (χ3n) is 3.06. The van der Waals surface area contributed by atoms with E-state index in [1.165, 1.54) is 5.56 Å². The number of ether oxygens (including phenoxy) is 1. The number of nitrogens with zero attached hydrogens (tertiary/aromatic N) is 1. The van der Waals surface area contributed by atoms with Crippen molar-refractivity contribution in [2.45, 2.75) is 20.8 Å². The van der Waals surface area contributed by atoms with Gasteiger partial charge in [0.2, 0.25) is 5.88 Å². The molecule has 2 rings (SSSR count). The molecule has 1 aromatic heterocycles. The highest BCUT2D eigenvalue weighted by atomic mass is 16.5. The van der Waals surface area contributed by atoms with Gasteiger partial charge in [-0.15, -0.1) is 0 Å². The van der Waals surface area contributed by atoms with Gasteiger partial charge in [0.25, 0.3) is 0 Å². The number of pyridine rings is 1. The summed E-state index contributed by atoms with van der Waals surface area (Å²) < 4.78 is 5.91. The van der Waals surface area contributed by atoms with Crippen LogP contribution >= 0.6 is 0 Å². The van der Waals surface area contributed by atoms with Crippen molar-refractivity contribution >= 4 is 5.82 Å². The van der Waals surface area contributed by atoms with Crippen molar-refractivity contribution in [1.29, 1.82) is 0 Å². The Morgan fingerprint density at radius 3 is 2.44 bits per heavy atom. The number of hydrogen-bond donors (Lipinski definition) is 1. The Morgan fingerprint density at radius 2 is 1.72 bits per heavy atom. The molecular weight excluding hydrogens is 224 g/mol. The van der Waals surface area contributed by atoms with Gasteiger partial charge in [-0.1, -0.05) is 18.2 Å². The first kappa shape index (κ1) is 12.4. The van der Waals surface area contributed by atoms with Gasteiger partial charge in [-0.2, -0.15) is 4.98 Å². The van der Waals surface area contributed by atoms with Crippen LogP contribution in [0.4, 0.5) is 5.82 Å². The lowest BCUT2D eigenvalue weighted by molar-refractivity contribution is 0.456. The van der Waals surface area contributed by atoms with Crippen LogP contribution in [0.5, 0.6) is 11.6 Å². The summed E-state index contributed by atoms with van der Waals surface area (Å²) in [6.07, 6.45) is 0. The first-order valence-electron chi connectivity index (χ1n) is 6.01. The topological polar surface area (TPSA) is 34.1 Å². The van der Waals surface area contributed by atoms with Gasteiger partial charge in [0.1, 0.15) is 11.6 Å². The van der Waals surface area contributed by atoms with Crippen molar-refractivity contribution in [3.05, 3.63) is 47.0 Å². The number of anilines is 1. The maximum Gasteiger partial charge on any atom is 0.221 e. The average molecular weight is 242 g/mol. The molecule has 0 spiro atoms. The zero-order valence-electron chi connectivity index (χ0n) is 11.2. The molecular formula is C15H18N2O. The first-order chi connectivity index (χ1) is 8.61. The monoisotopic (exact) mass is 242 g/mol. The Bertz CT molecular complexity index is 564. The summed E-state index contributed by atoms with van der Waals surface area (Å²) in [6, 6.07) is 9.87. The van der Waals surface area contributed by atoms with Gasteiger partial charge in [0.15, 0.2) is 0 Å². The lowest BCUT2D eigenvalue weighted by Crippen LogP contribution is -1.97. The molecule has 0 radical (unpaired) electrons. The molecule has 0 fully saturated rings. The fraction of sp³-hybridized carbons (Fsp3) is 0.267. The van der Waals surface area contributed by atoms with Crippen LogP contribution < -0.4 is 10.1 Å². The third kappa shape index (κ3) is 2.45. The van der Waals surface area contributed by atoms with E-state index in [-0.39, 0.29) is 0 Å². The molecule has 0 aliphatic carbocycles. The lowest BCUT2D eigenvalue weighted by atomic mass is 10.1. The zero-order chi connectivity index (χ0) is 13.1. The van der Waals surface area contributed by atoms with Crippen LogP contribution in [0.3, 0.4) is 0 Å². The van der Waals surface area contributed by atoms with Crippen molar-refractivity contribution in [3.8, 4) is 11.6 Å². The second-order valence-electron chi connectivity index (χ2n) is 4.37. The molecule has 18 heavy (non-hydrogen) atoms. The summed E-state index contributed by atoms with van der Waals surface area (Å²) in [5.74, 6) is 2.31. The molecule has 1 aromatic carbocycles. The summed E-state index contributed by atoms with van der Waals surface area (Å²) in [4.78, 5) is 4.37. The standard InChI is InChI=1S/C15H18N2O/c1-10-8-9-11(2)15(12(10)3)18-14-7-5-6-13(16-4)17-14/h5-9H,1-4H3,(H,16,17). The molecule has 94 valence electrons. The minimum Gasteiger partial charge on any atom is -0.438 e. The van der Waals surface area contributed by atoms with Crippen LogP contribution in [-0.2, 0) is 0 Å². The lowest BCUT2D eigenvalue weighted by Gasteiger charge is -2.13. The molecule has 0 bridgehead atoms. The Morgan fingerprint density at radius 1 is 1.00 bits per heavy atom. The summed E-state index contributed by atoms with van der Waals surface area (Å²) in [5.41, 5.74) is 3.50. The smallest absolute Gasteiger partial charge is 0.221 e. The van der Waals surface area contributed by atoms with E-state index < -0.39 is 0 Å². The summed E-state index contributed by atoms with van der Waals surface area (Å²) in [6.45, 7) is 6.20.